The number of nitrogens with one attached hydrogen (secondary N) is 2. The Morgan fingerprint density at radius 1 is 1.35 bits per heavy atom. The first kappa shape index (κ1) is 10.4. The molecule has 4 nitrogen and oxygen atoms in total. The molecule has 0 saturated heterocycles. The maximum absolute atomic E-state index is 9.94. The van der Waals surface area contributed by atoms with Crippen LogP contribution in [0.5, 0.6) is 0 Å². The van der Waals surface area contributed by atoms with Gasteiger partial charge in [0.05, 0.1) is 16.9 Å². The normalized spacial score (nSPS) is 20.4. The summed E-state index contributed by atoms with van der Waals surface area (Å²) >= 11 is 5.95. The summed E-state index contributed by atoms with van der Waals surface area (Å²) < 4.78 is 0. The van der Waals surface area contributed by atoms with E-state index in [-0.39, 0.29) is 0 Å². The average molecular weight is 248 g/mol. The molecule has 86 valence electrons. The van der Waals surface area contributed by atoms with Crippen LogP contribution in [0.3, 0.4) is 0 Å². The lowest BCUT2D eigenvalue weighted by molar-refractivity contribution is 0.266. The highest BCUT2D eigenvalue weighted by molar-refractivity contribution is 6.32. The van der Waals surface area contributed by atoms with E-state index in [1.807, 2.05) is 24.3 Å². The molecule has 2 aromatic rings. The number of aliphatic hydroxyl groups is 1. The van der Waals surface area contributed by atoms with Crippen molar-refractivity contribution in [2.75, 3.05) is 5.32 Å². The number of fused-ring (bicyclic) bond motifs is 1. The summed E-state index contributed by atoms with van der Waals surface area (Å²) in [4.78, 5) is 0. The minimum absolute atomic E-state index is 0.536. The predicted octanol–water partition coefficient (Wildman–Crippen LogP) is 2.35. The van der Waals surface area contributed by atoms with Gasteiger partial charge in [0, 0.05) is 16.8 Å². The van der Waals surface area contributed by atoms with Gasteiger partial charge in [0.2, 0.25) is 0 Å². The number of H-pyrrole nitrogens is 1. The minimum Gasteiger partial charge on any atom is -0.369 e. The van der Waals surface area contributed by atoms with Crippen LogP contribution in [0.4, 0.5) is 5.69 Å². The molecule has 1 aliphatic rings. The highest BCUT2D eigenvalue weighted by Gasteiger charge is 2.23. The van der Waals surface area contributed by atoms with Crippen LogP contribution in [0.25, 0.3) is 11.6 Å². The number of hydrogen-bond acceptors (Lipinski definition) is 3. The van der Waals surface area contributed by atoms with E-state index in [2.05, 4.69) is 15.5 Å². The van der Waals surface area contributed by atoms with E-state index >= 15 is 0 Å². The van der Waals surface area contributed by atoms with Gasteiger partial charge in [-0.25, -0.2) is 0 Å². The second kappa shape index (κ2) is 3.91. The average Bonchev–Trinajstić information content (AvgIpc) is 2.85. The number of hydrogen-bond donors (Lipinski definition) is 3. The second-order valence-electron chi connectivity index (χ2n) is 3.82. The Kier molecular flexibility index (Phi) is 2.39. The number of rotatable bonds is 1. The summed E-state index contributed by atoms with van der Waals surface area (Å²) in [5, 5.41) is 20.1. The molecule has 2 heterocycles. The van der Waals surface area contributed by atoms with Crippen molar-refractivity contribution in [1.29, 1.82) is 0 Å². The molecule has 0 amide bonds. The molecule has 0 saturated carbocycles. The van der Waals surface area contributed by atoms with Gasteiger partial charge in [0.1, 0.15) is 0 Å². The molecule has 1 atom stereocenters. The zero-order chi connectivity index (χ0) is 11.8. The number of benzene rings is 1. The zero-order valence-electron chi connectivity index (χ0n) is 8.81. The topological polar surface area (TPSA) is 60.9 Å². The minimum atomic E-state index is -0.716. The third kappa shape index (κ3) is 1.71. The molecule has 3 rings (SSSR count). The van der Waals surface area contributed by atoms with Gasteiger partial charge in [-0.15, -0.1) is 0 Å². The number of aromatic nitrogens is 2. The third-order valence-corrected chi connectivity index (χ3v) is 3.05. The first-order valence-electron chi connectivity index (χ1n) is 5.20. The van der Waals surface area contributed by atoms with Crippen LogP contribution < -0.4 is 5.32 Å². The second-order valence-corrected chi connectivity index (χ2v) is 4.23. The molecule has 0 spiro atoms. The summed E-state index contributed by atoms with van der Waals surface area (Å²) in [6.07, 6.45) is 2.62. The molecule has 0 radical (unpaired) electrons. The van der Waals surface area contributed by atoms with Crippen molar-refractivity contribution in [2.24, 2.45) is 0 Å². The molecule has 0 bridgehead atoms. The van der Waals surface area contributed by atoms with Gasteiger partial charge in [-0.3, -0.25) is 5.10 Å². The summed E-state index contributed by atoms with van der Waals surface area (Å²) in [6, 6.07) is 7.73. The summed E-state index contributed by atoms with van der Waals surface area (Å²) in [5.74, 6) is 0. The zero-order valence-corrected chi connectivity index (χ0v) is 9.57. The smallest absolute Gasteiger partial charge is 0.151 e. The van der Waals surface area contributed by atoms with Crippen LogP contribution >= 0.6 is 11.6 Å². The summed E-state index contributed by atoms with van der Waals surface area (Å²) in [6.45, 7) is 0. The Morgan fingerprint density at radius 3 is 2.94 bits per heavy atom. The maximum Gasteiger partial charge on any atom is 0.151 e. The third-order valence-electron chi connectivity index (χ3n) is 2.74. The largest absolute Gasteiger partial charge is 0.369 e. The van der Waals surface area contributed by atoms with Crippen molar-refractivity contribution in [3.05, 3.63) is 46.7 Å². The Balaban J connectivity index is 2.10. The lowest BCUT2D eigenvalue weighted by atomic mass is 10.1. The van der Waals surface area contributed by atoms with Crippen molar-refractivity contribution in [3.63, 3.8) is 0 Å². The molecular weight excluding hydrogens is 238 g/mol. The van der Waals surface area contributed by atoms with Crippen molar-refractivity contribution in [2.45, 2.75) is 6.23 Å². The van der Waals surface area contributed by atoms with E-state index in [9.17, 15) is 5.11 Å². The summed E-state index contributed by atoms with van der Waals surface area (Å²) in [7, 11) is 0. The highest BCUT2D eigenvalue weighted by Crippen LogP contribution is 2.35. The van der Waals surface area contributed by atoms with Crippen molar-refractivity contribution >= 4 is 28.9 Å². The Labute approximate surface area is 103 Å². The number of nitrogens with zero attached hydrogens (tertiary/aromatic N) is 1. The molecule has 17 heavy (non-hydrogen) atoms. The molecule has 1 unspecified atom stereocenters. The van der Waals surface area contributed by atoms with Gasteiger partial charge in [-0.05, 0) is 12.1 Å². The van der Waals surface area contributed by atoms with Crippen molar-refractivity contribution in [1.82, 2.24) is 10.2 Å². The Hall–Kier alpha value is -1.78. The van der Waals surface area contributed by atoms with Gasteiger partial charge in [-0.1, -0.05) is 29.8 Å². The number of halogens is 1. The van der Waals surface area contributed by atoms with Crippen molar-refractivity contribution < 1.29 is 5.11 Å². The van der Waals surface area contributed by atoms with E-state index in [1.165, 1.54) is 6.20 Å². The van der Waals surface area contributed by atoms with Gasteiger partial charge < -0.3 is 10.4 Å². The van der Waals surface area contributed by atoms with E-state index in [1.54, 1.807) is 6.08 Å². The van der Waals surface area contributed by atoms with Crippen LogP contribution in [0, 0.1) is 0 Å². The maximum atomic E-state index is 9.94. The molecule has 1 aliphatic heterocycles. The molecule has 1 aromatic heterocycles. The Morgan fingerprint density at radius 2 is 2.18 bits per heavy atom. The SMILES string of the molecule is OC1Nc2ccccc2/C1=C/c1[nH]ncc1Cl. The number of para-hydroxylation sites is 1. The molecule has 3 N–H and O–H groups in total. The fraction of sp³-hybridized carbons (Fsp3) is 0.0833. The first-order chi connectivity index (χ1) is 8.25. The lowest BCUT2D eigenvalue weighted by Gasteiger charge is -2.04. The van der Waals surface area contributed by atoms with Crippen LogP contribution in [0.2, 0.25) is 5.02 Å². The monoisotopic (exact) mass is 247 g/mol. The quantitative estimate of drug-likeness (QED) is 0.725. The summed E-state index contributed by atoms with van der Waals surface area (Å²) in [5.41, 5.74) is 3.37. The van der Waals surface area contributed by atoms with Crippen LogP contribution in [-0.2, 0) is 0 Å². The molecule has 0 aliphatic carbocycles. The van der Waals surface area contributed by atoms with E-state index in [0.717, 1.165) is 16.8 Å². The van der Waals surface area contributed by atoms with Crippen LogP contribution in [0.1, 0.15) is 11.3 Å². The molecular formula is C12H10ClN3O. The molecule has 1 aromatic carbocycles. The fourth-order valence-electron chi connectivity index (χ4n) is 1.93. The van der Waals surface area contributed by atoms with Gasteiger partial charge in [0.25, 0.3) is 0 Å². The van der Waals surface area contributed by atoms with E-state index in [0.29, 0.717) is 10.7 Å². The molecule has 5 heteroatoms. The van der Waals surface area contributed by atoms with Gasteiger partial charge in [0.15, 0.2) is 6.23 Å². The number of anilines is 1. The number of aliphatic hydroxyl groups excluding tert-OH is 1. The predicted molar refractivity (Wildman–Crippen MR) is 67.5 cm³/mol. The highest BCUT2D eigenvalue weighted by atomic mass is 35.5. The first-order valence-corrected chi connectivity index (χ1v) is 5.58. The molecule has 0 fully saturated rings. The van der Waals surface area contributed by atoms with Crippen LogP contribution in [0.15, 0.2) is 30.5 Å². The van der Waals surface area contributed by atoms with Crippen molar-refractivity contribution in [3.8, 4) is 0 Å². The van der Waals surface area contributed by atoms with Gasteiger partial charge in [-0.2, -0.15) is 5.10 Å². The van der Waals surface area contributed by atoms with Crippen LogP contribution in [-0.4, -0.2) is 21.5 Å². The Bertz CT molecular complexity index is 591. The van der Waals surface area contributed by atoms with Gasteiger partial charge >= 0.3 is 0 Å². The number of aromatic amines is 1. The lowest BCUT2D eigenvalue weighted by Crippen LogP contribution is -2.12. The standard InChI is InChI=1S/C12H10ClN3O/c13-9-6-14-16-11(9)5-8-7-3-1-2-4-10(7)15-12(8)17/h1-6,12,15,17H,(H,14,16)/b8-5-. The van der Waals surface area contributed by atoms with E-state index < -0.39 is 6.23 Å². The van der Waals surface area contributed by atoms with E-state index in [4.69, 9.17) is 11.6 Å². The fourth-order valence-corrected chi connectivity index (χ4v) is 2.07.